The van der Waals surface area contributed by atoms with Crippen LogP contribution < -0.4 is 10.1 Å². The Balaban J connectivity index is 1.40. The van der Waals surface area contributed by atoms with Crippen LogP contribution in [-0.2, 0) is 22.7 Å². The van der Waals surface area contributed by atoms with Gasteiger partial charge in [0.15, 0.2) is 11.0 Å². The van der Waals surface area contributed by atoms with Gasteiger partial charge in [0.05, 0.1) is 12.4 Å². The molecule has 0 saturated carbocycles. The molecule has 0 bridgehead atoms. The highest BCUT2D eigenvalue weighted by Gasteiger charge is 2.23. The van der Waals surface area contributed by atoms with Crippen molar-refractivity contribution in [3.8, 4) is 16.9 Å². The first-order valence-corrected chi connectivity index (χ1v) is 14.7. The molecule has 2 aromatic heterocycles. The average Bonchev–Trinajstić information content (AvgIpc) is 3.55. The predicted octanol–water partition coefficient (Wildman–Crippen LogP) is 6.64. The monoisotopic (exact) mass is 564 g/mol. The summed E-state index contributed by atoms with van der Waals surface area (Å²) in [5, 5.41) is 14.4. The molecule has 0 unspecified atom stereocenters. The third kappa shape index (κ3) is 7.07. The van der Waals surface area contributed by atoms with E-state index in [-0.39, 0.29) is 24.9 Å². The largest absolute Gasteiger partial charge is 0.486 e. The molecule has 204 valence electrons. The molecular weight excluding hydrogens is 532 g/mol. The minimum Gasteiger partial charge on any atom is -0.486 e. The SMILES string of the molecule is CCOC(=O)c1c(-c2ccccc2)csc1NC(=O)CSc1nnc(COc2ccc(C(C)C)cc2)n1CC. The molecular formula is C29H32N4O4S2. The second-order valence-corrected chi connectivity index (χ2v) is 10.8. The number of amides is 1. The standard InChI is InChI=1S/C29H32N4O4S2/c1-5-33-24(16-37-22-14-12-20(13-15-22)19(3)4)31-32-29(33)39-18-25(34)30-27-26(28(35)36-6-2)23(17-38-27)21-10-8-7-9-11-21/h7-15,17,19H,5-6,16,18H2,1-4H3,(H,30,34). The summed E-state index contributed by atoms with van der Waals surface area (Å²) < 4.78 is 13.1. The summed E-state index contributed by atoms with van der Waals surface area (Å²) in [7, 11) is 0. The number of esters is 1. The molecule has 0 aliphatic heterocycles. The Kier molecular flexibility index (Phi) is 9.78. The quantitative estimate of drug-likeness (QED) is 0.152. The second-order valence-electron chi connectivity index (χ2n) is 8.93. The molecule has 0 fully saturated rings. The fourth-order valence-electron chi connectivity index (χ4n) is 3.93. The number of nitrogens with one attached hydrogen (secondary N) is 1. The number of ether oxygens (including phenoxy) is 2. The molecule has 4 rings (SSSR count). The van der Waals surface area contributed by atoms with E-state index in [1.54, 1.807) is 6.92 Å². The van der Waals surface area contributed by atoms with Crippen LogP contribution in [0.1, 0.15) is 55.4 Å². The van der Waals surface area contributed by atoms with Gasteiger partial charge < -0.3 is 19.4 Å². The summed E-state index contributed by atoms with van der Waals surface area (Å²) in [5.74, 6) is 1.30. The van der Waals surface area contributed by atoms with E-state index in [9.17, 15) is 9.59 Å². The van der Waals surface area contributed by atoms with E-state index in [0.717, 1.165) is 16.9 Å². The van der Waals surface area contributed by atoms with Crippen LogP contribution >= 0.6 is 23.1 Å². The van der Waals surface area contributed by atoms with Crippen molar-refractivity contribution < 1.29 is 19.1 Å². The van der Waals surface area contributed by atoms with E-state index >= 15 is 0 Å². The highest BCUT2D eigenvalue weighted by atomic mass is 32.2. The Labute approximate surface area is 236 Å². The lowest BCUT2D eigenvalue weighted by molar-refractivity contribution is -0.113. The molecule has 0 saturated heterocycles. The van der Waals surface area contributed by atoms with Crippen molar-refractivity contribution in [2.24, 2.45) is 0 Å². The van der Waals surface area contributed by atoms with Gasteiger partial charge in [-0.1, -0.05) is 68.1 Å². The molecule has 1 amide bonds. The summed E-state index contributed by atoms with van der Waals surface area (Å²) in [6, 6.07) is 17.6. The summed E-state index contributed by atoms with van der Waals surface area (Å²) in [6.07, 6.45) is 0. The van der Waals surface area contributed by atoms with E-state index in [1.165, 1.54) is 28.7 Å². The van der Waals surface area contributed by atoms with Gasteiger partial charge in [0.2, 0.25) is 5.91 Å². The Morgan fingerprint density at radius 1 is 1.05 bits per heavy atom. The van der Waals surface area contributed by atoms with Gasteiger partial charge in [-0.05, 0) is 43.0 Å². The van der Waals surface area contributed by atoms with Crippen molar-refractivity contribution >= 4 is 40.0 Å². The normalized spacial score (nSPS) is 11.0. The van der Waals surface area contributed by atoms with Crippen LogP contribution in [0.5, 0.6) is 5.75 Å². The summed E-state index contributed by atoms with van der Waals surface area (Å²) in [4.78, 5) is 25.7. The zero-order chi connectivity index (χ0) is 27.8. The topological polar surface area (TPSA) is 95.3 Å². The number of thiophene rings is 1. The summed E-state index contributed by atoms with van der Waals surface area (Å²) >= 11 is 2.59. The Morgan fingerprint density at radius 2 is 1.79 bits per heavy atom. The lowest BCUT2D eigenvalue weighted by atomic mass is 10.0. The van der Waals surface area contributed by atoms with Crippen molar-refractivity contribution in [3.63, 3.8) is 0 Å². The number of carbonyl (C=O) groups excluding carboxylic acids is 2. The molecule has 0 atom stereocenters. The minimum absolute atomic E-state index is 0.108. The van der Waals surface area contributed by atoms with Gasteiger partial charge in [-0.2, -0.15) is 0 Å². The van der Waals surface area contributed by atoms with Crippen molar-refractivity contribution in [3.05, 3.63) is 76.9 Å². The van der Waals surface area contributed by atoms with Crippen LogP contribution in [0.3, 0.4) is 0 Å². The van der Waals surface area contributed by atoms with E-state index in [1.807, 2.05) is 59.3 Å². The van der Waals surface area contributed by atoms with E-state index in [0.29, 0.717) is 34.0 Å². The van der Waals surface area contributed by atoms with Gasteiger partial charge >= 0.3 is 5.97 Å². The lowest BCUT2D eigenvalue weighted by Gasteiger charge is -2.10. The maximum Gasteiger partial charge on any atom is 0.341 e. The molecule has 0 radical (unpaired) electrons. The molecule has 39 heavy (non-hydrogen) atoms. The number of hydrogen-bond donors (Lipinski definition) is 1. The highest BCUT2D eigenvalue weighted by molar-refractivity contribution is 7.99. The Morgan fingerprint density at radius 3 is 2.46 bits per heavy atom. The third-order valence-corrected chi connectivity index (χ3v) is 7.83. The zero-order valence-corrected chi connectivity index (χ0v) is 24.1. The van der Waals surface area contributed by atoms with Crippen LogP contribution in [0.25, 0.3) is 11.1 Å². The van der Waals surface area contributed by atoms with E-state index < -0.39 is 5.97 Å². The smallest absolute Gasteiger partial charge is 0.341 e. The van der Waals surface area contributed by atoms with Gasteiger partial charge in [-0.15, -0.1) is 21.5 Å². The molecule has 2 aromatic carbocycles. The number of anilines is 1. The zero-order valence-electron chi connectivity index (χ0n) is 22.5. The fraction of sp³-hybridized carbons (Fsp3) is 0.310. The maximum atomic E-state index is 12.9. The fourth-order valence-corrected chi connectivity index (χ4v) is 5.72. The first kappa shape index (κ1) is 28.4. The number of nitrogens with zero attached hydrogens (tertiary/aromatic N) is 3. The molecule has 0 aliphatic rings. The summed E-state index contributed by atoms with van der Waals surface area (Å²) in [6.45, 7) is 9.22. The third-order valence-electron chi connectivity index (χ3n) is 5.97. The highest BCUT2D eigenvalue weighted by Crippen LogP contribution is 2.36. The van der Waals surface area contributed by atoms with Crippen LogP contribution in [0, 0.1) is 0 Å². The number of hydrogen-bond acceptors (Lipinski definition) is 8. The molecule has 2 heterocycles. The van der Waals surface area contributed by atoms with Crippen molar-refractivity contribution in [1.29, 1.82) is 0 Å². The van der Waals surface area contributed by atoms with E-state index in [2.05, 4.69) is 41.5 Å². The Bertz CT molecular complexity index is 1400. The van der Waals surface area contributed by atoms with Crippen molar-refractivity contribution in [2.75, 3.05) is 17.7 Å². The van der Waals surface area contributed by atoms with Gasteiger partial charge in [-0.25, -0.2) is 4.79 Å². The van der Waals surface area contributed by atoms with Gasteiger partial charge in [0.1, 0.15) is 22.9 Å². The number of benzene rings is 2. The van der Waals surface area contributed by atoms with E-state index in [4.69, 9.17) is 9.47 Å². The van der Waals surface area contributed by atoms with Crippen LogP contribution in [-0.4, -0.2) is 39.0 Å². The van der Waals surface area contributed by atoms with Gasteiger partial charge in [0.25, 0.3) is 0 Å². The first-order chi connectivity index (χ1) is 18.9. The molecule has 4 aromatic rings. The maximum absolute atomic E-state index is 12.9. The lowest BCUT2D eigenvalue weighted by Crippen LogP contribution is -2.17. The minimum atomic E-state index is -0.463. The van der Waals surface area contributed by atoms with Crippen LogP contribution in [0.2, 0.25) is 0 Å². The average molecular weight is 565 g/mol. The number of rotatable bonds is 12. The molecule has 1 N–H and O–H groups in total. The molecule has 0 aliphatic carbocycles. The second kappa shape index (κ2) is 13.4. The molecule has 8 nitrogen and oxygen atoms in total. The van der Waals surface area contributed by atoms with Crippen LogP contribution in [0.15, 0.2) is 65.1 Å². The summed E-state index contributed by atoms with van der Waals surface area (Å²) in [5.41, 5.74) is 3.23. The molecule has 0 spiro atoms. The van der Waals surface area contributed by atoms with Crippen LogP contribution in [0.4, 0.5) is 5.00 Å². The number of carbonyl (C=O) groups is 2. The van der Waals surface area contributed by atoms with Crippen molar-refractivity contribution in [2.45, 2.75) is 51.9 Å². The predicted molar refractivity (Wildman–Crippen MR) is 156 cm³/mol. The Hall–Kier alpha value is -3.63. The number of thioether (sulfide) groups is 1. The first-order valence-electron chi connectivity index (χ1n) is 12.8. The molecule has 10 heteroatoms. The van der Waals surface area contributed by atoms with Crippen molar-refractivity contribution in [1.82, 2.24) is 14.8 Å². The van der Waals surface area contributed by atoms with Gasteiger partial charge in [-0.3, -0.25) is 4.79 Å². The van der Waals surface area contributed by atoms with Gasteiger partial charge in [0, 0.05) is 17.5 Å². The number of aromatic nitrogens is 3.